The monoisotopic (exact) mass is 606 g/mol. The Bertz CT molecular complexity index is 1470. The minimum absolute atomic E-state index is 0. The molecule has 1 aliphatic heterocycles. The molecule has 10 nitrogen and oxygen atoms in total. The summed E-state index contributed by atoms with van der Waals surface area (Å²) in [6.07, 6.45) is 1.14. The van der Waals surface area contributed by atoms with Gasteiger partial charge in [0.15, 0.2) is 21.0 Å². The van der Waals surface area contributed by atoms with Gasteiger partial charge in [0.2, 0.25) is 24.3 Å². The molecule has 3 aromatic rings. The number of aromatic nitrogens is 1. The van der Waals surface area contributed by atoms with Crippen molar-refractivity contribution in [2.45, 2.75) is 12.8 Å². The molecule has 1 aromatic carbocycles. The molecule has 0 bridgehead atoms. The normalized spacial score (nSPS) is 13.1. The SMILES string of the molecule is C=C.C=C.Cc1ccc2c(c1)N(CS(=O)(=O)[O-])C(=Cc1oc3cc(F)sc3[n+]1CS(=O)(=O)[O-])O2.FCF.[Na+]. The third-order valence-electron chi connectivity index (χ3n) is 4.08. The molecule has 2 aromatic heterocycles. The van der Waals surface area contributed by atoms with E-state index in [0.717, 1.165) is 27.2 Å². The number of oxazole rings is 1. The van der Waals surface area contributed by atoms with Gasteiger partial charge >= 0.3 is 40.3 Å². The number of hydrogen-bond donors (Lipinski definition) is 0. The topological polar surface area (TPSA) is 144 Å². The Morgan fingerprint density at radius 3 is 2.18 bits per heavy atom. The van der Waals surface area contributed by atoms with Crippen LogP contribution in [0.15, 0.2) is 60.9 Å². The average Bonchev–Trinajstić information content (AvgIpc) is 3.42. The molecule has 0 radical (unpaired) electrons. The van der Waals surface area contributed by atoms with Crippen molar-refractivity contribution in [1.29, 1.82) is 0 Å². The van der Waals surface area contributed by atoms with E-state index in [0.29, 0.717) is 17.0 Å². The smallest absolute Gasteiger partial charge is 0.747 e. The van der Waals surface area contributed by atoms with Crippen LogP contribution in [0, 0.1) is 12.1 Å². The van der Waals surface area contributed by atoms with Crippen molar-refractivity contribution in [3.05, 3.63) is 73.0 Å². The van der Waals surface area contributed by atoms with Gasteiger partial charge in [-0.15, -0.1) is 30.9 Å². The quantitative estimate of drug-likeness (QED) is 0.179. The predicted molar refractivity (Wildman–Crippen MR) is 130 cm³/mol. The van der Waals surface area contributed by atoms with Gasteiger partial charge in [0.1, 0.15) is 22.1 Å². The molecule has 204 valence electrons. The van der Waals surface area contributed by atoms with Crippen molar-refractivity contribution in [3.8, 4) is 5.75 Å². The Labute approximate surface area is 244 Å². The van der Waals surface area contributed by atoms with Gasteiger partial charge in [-0.3, -0.25) is 4.90 Å². The Balaban J connectivity index is 0.00000157. The maximum Gasteiger partial charge on any atom is 1.00 e. The van der Waals surface area contributed by atoms with E-state index >= 15 is 0 Å². The van der Waals surface area contributed by atoms with Crippen LogP contribution in [-0.2, 0) is 26.1 Å². The van der Waals surface area contributed by atoms with Crippen molar-refractivity contribution >= 4 is 53.7 Å². The number of rotatable bonds is 5. The van der Waals surface area contributed by atoms with E-state index in [2.05, 4.69) is 26.3 Å². The van der Waals surface area contributed by atoms with Gasteiger partial charge in [0, 0.05) is 6.07 Å². The molecule has 0 spiro atoms. The summed E-state index contributed by atoms with van der Waals surface area (Å²) in [5.41, 5.74) is 1.07. The fourth-order valence-electron chi connectivity index (χ4n) is 2.97. The van der Waals surface area contributed by atoms with Gasteiger partial charge in [0.25, 0.3) is 0 Å². The zero-order chi connectivity index (χ0) is 28.6. The second-order valence-electron chi connectivity index (χ2n) is 6.55. The van der Waals surface area contributed by atoms with Crippen LogP contribution in [0.2, 0.25) is 0 Å². The number of nitrogens with zero attached hydrogens (tertiary/aromatic N) is 2. The Kier molecular flexibility index (Phi) is 14.5. The average molecular weight is 607 g/mol. The van der Waals surface area contributed by atoms with E-state index in [1.54, 1.807) is 25.1 Å². The third-order valence-corrected chi connectivity index (χ3v) is 6.16. The predicted octanol–water partition coefficient (Wildman–Crippen LogP) is 0.923. The zero-order valence-electron chi connectivity index (χ0n) is 20.4. The molecule has 0 N–H and O–H groups in total. The number of alkyl halides is 2. The first-order valence-electron chi connectivity index (χ1n) is 9.70. The Morgan fingerprint density at radius 1 is 1.08 bits per heavy atom. The summed E-state index contributed by atoms with van der Waals surface area (Å²) in [6, 6.07) is 5.90. The zero-order valence-corrected chi connectivity index (χ0v) is 24.8. The van der Waals surface area contributed by atoms with Crippen LogP contribution in [0.4, 0.5) is 18.9 Å². The summed E-state index contributed by atoms with van der Waals surface area (Å²) in [6.45, 7) is 12.0. The van der Waals surface area contributed by atoms with E-state index in [1.807, 2.05) is 0 Å². The Hall–Kier alpha value is -2.18. The minimum Gasteiger partial charge on any atom is -0.747 e. The van der Waals surface area contributed by atoms with Crippen LogP contribution >= 0.6 is 11.3 Å². The second kappa shape index (κ2) is 15.4. The molecule has 3 heterocycles. The Morgan fingerprint density at radius 2 is 1.66 bits per heavy atom. The van der Waals surface area contributed by atoms with Crippen molar-refractivity contribution < 1.29 is 82.4 Å². The van der Waals surface area contributed by atoms with Crippen molar-refractivity contribution in [2.75, 3.05) is 17.7 Å². The molecular weight excluding hydrogens is 584 g/mol. The van der Waals surface area contributed by atoms with Crippen LogP contribution in [0.1, 0.15) is 11.5 Å². The summed E-state index contributed by atoms with van der Waals surface area (Å²) in [7, 11) is -9.50. The maximum atomic E-state index is 13.5. The van der Waals surface area contributed by atoms with Crippen molar-refractivity contribution in [1.82, 2.24) is 0 Å². The molecule has 38 heavy (non-hydrogen) atoms. The van der Waals surface area contributed by atoms with Gasteiger partial charge in [-0.05, 0) is 36.0 Å². The first-order valence-corrected chi connectivity index (χ1v) is 13.7. The van der Waals surface area contributed by atoms with Crippen LogP contribution in [0.5, 0.6) is 5.75 Å². The fraction of sp³-hybridized carbons (Fsp3) is 0.190. The standard InChI is InChI=1S/C16H13FN2O8S3.2C2H4.CH2F2.Na/c1-9-2-3-11-10(4-9)18(7-29(20,21)22)14(26-11)6-15-19(8-30(23,24)25)16-12(27-15)5-13(17)28-16;2*1-2;2-1-3;/h2-6H,7-8H2,1H3,(H-,20,21,22,23,24,25);2*1-2H2;1H2;/q;;;;+1/p-1. The first kappa shape index (κ1) is 35.8. The van der Waals surface area contributed by atoms with Crippen molar-refractivity contribution in [2.24, 2.45) is 0 Å². The minimum atomic E-state index is -4.78. The first-order chi connectivity index (χ1) is 17.3. The number of aryl methyl sites for hydroxylation is 1. The summed E-state index contributed by atoms with van der Waals surface area (Å²) in [4.78, 5) is 1.13. The van der Waals surface area contributed by atoms with Crippen LogP contribution in [-0.4, -0.2) is 38.7 Å². The van der Waals surface area contributed by atoms with Crippen molar-refractivity contribution in [3.63, 3.8) is 0 Å². The number of benzene rings is 1. The van der Waals surface area contributed by atoms with Gasteiger partial charge in [0.05, 0.1) is 5.69 Å². The summed E-state index contributed by atoms with van der Waals surface area (Å²) in [5.74, 6) is -2.10. The van der Waals surface area contributed by atoms with Crippen LogP contribution in [0.25, 0.3) is 16.5 Å². The summed E-state index contributed by atoms with van der Waals surface area (Å²) in [5, 5.41) is -0.654. The second-order valence-corrected chi connectivity index (χ2v) is 10.3. The van der Waals surface area contributed by atoms with Gasteiger partial charge < -0.3 is 18.3 Å². The molecule has 0 saturated heterocycles. The number of thiophene rings is 1. The van der Waals surface area contributed by atoms with E-state index < -0.39 is 44.0 Å². The molecule has 0 unspecified atom stereocenters. The molecule has 0 atom stereocenters. The van der Waals surface area contributed by atoms with Crippen LogP contribution < -0.4 is 43.8 Å². The molecule has 17 heteroatoms. The van der Waals surface area contributed by atoms with E-state index in [-0.39, 0.29) is 57.5 Å². The van der Waals surface area contributed by atoms with E-state index in [9.17, 15) is 39.1 Å². The van der Waals surface area contributed by atoms with E-state index in [4.69, 9.17) is 9.15 Å². The molecule has 4 rings (SSSR count). The maximum absolute atomic E-state index is 13.5. The fourth-order valence-corrected chi connectivity index (χ4v) is 5.02. The molecule has 0 amide bonds. The number of ether oxygens (including phenoxy) is 1. The summed E-state index contributed by atoms with van der Waals surface area (Å²) < 4.78 is 113. The molecular formula is C21H22F3N2NaO8S3. The van der Waals surface area contributed by atoms with Gasteiger partial charge in [-0.25, -0.2) is 25.6 Å². The third kappa shape index (κ3) is 9.85. The number of halogens is 3. The number of anilines is 1. The largest absolute Gasteiger partial charge is 1.00 e. The van der Waals surface area contributed by atoms with E-state index in [1.165, 1.54) is 0 Å². The molecule has 0 fully saturated rings. The number of fused-ring (bicyclic) bond motifs is 2. The summed E-state index contributed by atoms with van der Waals surface area (Å²) >= 11 is 0.568. The molecule has 1 aliphatic rings. The number of hydrogen-bond acceptors (Lipinski definition) is 10. The van der Waals surface area contributed by atoms with Gasteiger partial charge in [-0.2, -0.15) is 4.39 Å². The molecule has 0 aliphatic carbocycles. The van der Waals surface area contributed by atoms with Gasteiger partial charge in [-0.1, -0.05) is 6.07 Å². The van der Waals surface area contributed by atoms with Crippen LogP contribution in [0.3, 0.4) is 0 Å². The molecule has 0 saturated carbocycles.